The molecule has 3 heterocycles. The number of likely N-dealkylation sites (tertiary alicyclic amines) is 1. The second-order valence-electron chi connectivity index (χ2n) is 8.16. The summed E-state index contributed by atoms with van der Waals surface area (Å²) >= 11 is 0. The third-order valence-corrected chi connectivity index (χ3v) is 4.93. The van der Waals surface area contributed by atoms with Crippen molar-refractivity contribution in [3.8, 4) is 0 Å². The van der Waals surface area contributed by atoms with Gasteiger partial charge in [0.05, 0.1) is 18.7 Å². The second-order valence-corrected chi connectivity index (χ2v) is 8.16. The molecule has 1 N–H and O–H groups in total. The molecule has 1 saturated carbocycles. The summed E-state index contributed by atoms with van der Waals surface area (Å²) in [5.74, 6) is 3.78. The molecule has 0 amide bonds. The molecule has 2 aromatic rings. The minimum absolute atomic E-state index is 0.140. The van der Waals surface area contributed by atoms with Gasteiger partial charge in [-0.15, -0.1) is 0 Å². The lowest BCUT2D eigenvalue weighted by Crippen LogP contribution is -2.26. The van der Waals surface area contributed by atoms with Gasteiger partial charge in [0.25, 0.3) is 0 Å². The summed E-state index contributed by atoms with van der Waals surface area (Å²) in [6.45, 7) is 7.64. The molecule has 4 rings (SSSR count). The van der Waals surface area contributed by atoms with Gasteiger partial charge in [0.2, 0.25) is 5.89 Å². The van der Waals surface area contributed by atoms with Crippen LogP contribution in [0.5, 0.6) is 0 Å². The molecular weight excluding hydrogens is 320 g/mol. The molecule has 136 valence electrons. The van der Waals surface area contributed by atoms with Gasteiger partial charge in [0.1, 0.15) is 5.82 Å². The first-order valence-electron chi connectivity index (χ1n) is 8.96. The largest absolute Gasteiger partial charge is 0.380 e. The quantitative estimate of drug-likeness (QED) is 0.888. The maximum absolute atomic E-state index is 5.59. The Balaban J connectivity index is 1.52. The lowest BCUT2D eigenvalue weighted by molar-refractivity contribution is 0.106. The average molecular weight is 346 g/mol. The predicted octanol–water partition coefficient (Wildman–Crippen LogP) is 2.32. The Bertz CT molecular complexity index is 730. The highest BCUT2D eigenvalue weighted by Gasteiger charge is 2.37. The van der Waals surface area contributed by atoms with Crippen LogP contribution in [0.1, 0.15) is 75.4 Å². The fourth-order valence-corrected chi connectivity index (χ4v) is 3.26. The third-order valence-electron chi connectivity index (χ3n) is 4.93. The maximum Gasteiger partial charge on any atom is 0.232 e. The summed E-state index contributed by atoms with van der Waals surface area (Å²) in [7, 11) is 1.76. The topological polar surface area (TPSA) is 93.0 Å². The van der Waals surface area contributed by atoms with Gasteiger partial charge < -0.3 is 9.26 Å². The number of aromatic nitrogens is 5. The first-order valence-corrected chi connectivity index (χ1v) is 8.96. The SMILES string of the molecule is CO[C@@H]1C[C@@H](c2nc(C3CC3)n[nH]2)N(Cc2noc(C(C)(C)C)n2)C1. The van der Waals surface area contributed by atoms with Gasteiger partial charge in [-0.1, -0.05) is 25.9 Å². The van der Waals surface area contributed by atoms with Crippen LogP contribution >= 0.6 is 0 Å². The smallest absolute Gasteiger partial charge is 0.232 e. The molecule has 0 spiro atoms. The third kappa shape index (κ3) is 3.46. The summed E-state index contributed by atoms with van der Waals surface area (Å²) in [6.07, 6.45) is 3.46. The molecule has 2 aromatic heterocycles. The fourth-order valence-electron chi connectivity index (χ4n) is 3.26. The molecule has 2 fully saturated rings. The standard InChI is InChI=1S/C17H26N6O2/c1-17(2,3)16-18-13(22-25-16)9-23-8-11(24-4)7-12(23)15-19-14(20-21-15)10-5-6-10/h10-12H,5-9H2,1-4H3,(H,19,20,21)/t11-,12+/m1/s1. The minimum atomic E-state index is -0.144. The number of hydrogen-bond acceptors (Lipinski definition) is 7. The van der Waals surface area contributed by atoms with Crippen molar-refractivity contribution in [2.75, 3.05) is 13.7 Å². The molecule has 2 aliphatic rings. The van der Waals surface area contributed by atoms with Gasteiger partial charge in [-0.2, -0.15) is 10.1 Å². The monoisotopic (exact) mass is 346 g/mol. The van der Waals surface area contributed by atoms with Crippen molar-refractivity contribution in [2.45, 2.75) is 70.1 Å². The maximum atomic E-state index is 5.59. The Morgan fingerprint density at radius 1 is 1.28 bits per heavy atom. The Kier molecular flexibility index (Phi) is 4.11. The van der Waals surface area contributed by atoms with E-state index in [2.05, 4.69) is 46.0 Å². The van der Waals surface area contributed by atoms with Crippen LogP contribution in [0.25, 0.3) is 0 Å². The molecule has 0 unspecified atom stereocenters. The number of H-pyrrole nitrogens is 1. The molecule has 1 aliphatic carbocycles. The van der Waals surface area contributed by atoms with Crippen LogP contribution in [0.3, 0.4) is 0 Å². The van der Waals surface area contributed by atoms with Crippen molar-refractivity contribution >= 4 is 0 Å². The van der Waals surface area contributed by atoms with E-state index in [9.17, 15) is 0 Å². The average Bonchev–Trinajstić information content (AvgIpc) is 3.01. The van der Waals surface area contributed by atoms with Crippen molar-refractivity contribution in [1.29, 1.82) is 0 Å². The van der Waals surface area contributed by atoms with E-state index in [1.807, 2.05) is 0 Å². The minimum Gasteiger partial charge on any atom is -0.380 e. The van der Waals surface area contributed by atoms with Crippen LogP contribution in [0.4, 0.5) is 0 Å². The molecule has 8 heteroatoms. The van der Waals surface area contributed by atoms with E-state index in [1.54, 1.807) is 7.11 Å². The number of nitrogens with one attached hydrogen (secondary N) is 1. The summed E-state index contributed by atoms with van der Waals surface area (Å²) in [5.41, 5.74) is -0.144. The summed E-state index contributed by atoms with van der Waals surface area (Å²) in [6, 6.07) is 0.140. The molecule has 25 heavy (non-hydrogen) atoms. The molecule has 0 bridgehead atoms. The Labute approximate surface area is 147 Å². The molecule has 0 radical (unpaired) electrons. The normalized spacial score (nSPS) is 25.0. The molecule has 0 aromatic carbocycles. The van der Waals surface area contributed by atoms with Gasteiger partial charge >= 0.3 is 0 Å². The number of aromatic amines is 1. The molecule has 2 atom stereocenters. The van der Waals surface area contributed by atoms with Crippen LogP contribution < -0.4 is 0 Å². The van der Waals surface area contributed by atoms with Gasteiger partial charge in [-0.3, -0.25) is 10.00 Å². The number of rotatable bonds is 5. The van der Waals surface area contributed by atoms with E-state index in [-0.39, 0.29) is 17.6 Å². The van der Waals surface area contributed by atoms with Crippen LogP contribution in [0.2, 0.25) is 0 Å². The Morgan fingerprint density at radius 2 is 2.08 bits per heavy atom. The van der Waals surface area contributed by atoms with Crippen LogP contribution in [-0.2, 0) is 16.7 Å². The van der Waals surface area contributed by atoms with Gasteiger partial charge in [0, 0.05) is 25.0 Å². The summed E-state index contributed by atoms with van der Waals surface area (Å²) in [4.78, 5) is 11.6. The molecular formula is C17H26N6O2. The predicted molar refractivity (Wildman–Crippen MR) is 89.9 cm³/mol. The van der Waals surface area contributed by atoms with Gasteiger partial charge in [0.15, 0.2) is 11.6 Å². The Morgan fingerprint density at radius 3 is 2.72 bits per heavy atom. The van der Waals surface area contributed by atoms with E-state index in [0.717, 1.165) is 24.6 Å². The first-order chi connectivity index (χ1) is 11.9. The van der Waals surface area contributed by atoms with Crippen LogP contribution in [0.15, 0.2) is 4.52 Å². The second kappa shape index (κ2) is 6.17. The van der Waals surface area contributed by atoms with Gasteiger partial charge in [-0.25, -0.2) is 4.98 Å². The van der Waals surface area contributed by atoms with E-state index >= 15 is 0 Å². The lowest BCUT2D eigenvalue weighted by atomic mass is 9.97. The molecule has 1 saturated heterocycles. The van der Waals surface area contributed by atoms with Crippen molar-refractivity contribution in [3.63, 3.8) is 0 Å². The Hall–Kier alpha value is -1.80. The van der Waals surface area contributed by atoms with E-state index in [1.165, 1.54) is 12.8 Å². The van der Waals surface area contributed by atoms with Gasteiger partial charge in [-0.05, 0) is 19.3 Å². The first kappa shape index (κ1) is 16.7. The number of hydrogen-bond donors (Lipinski definition) is 1. The zero-order valence-corrected chi connectivity index (χ0v) is 15.3. The summed E-state index contributed by atoms with van der Waals surface area (Å²) < 4.78 is 11.0. The van der Waals surface area contributed by atoms with Crippen molar-refractivity contribution in [1.82, 2.24) is 30.2 Å². The number of methoxy groups -OCH3 is 1. The fraction of sp³-hybridized carbons (Fsp3) is 0.765. The lowest BCUT2D eigenvalue weighted by Gasteiger charge is -2.20. The highest BCUT2D eigenvalue weighted by atomic mass is 16.5. The zero-order chi connectivity index (χ0) is 17.6. The number of ether oxygens (including phenoxy) is 1. The summed E-state index contributed by atoms with van der Waals surface area (Å²) in [5, 5.41) is 11.7. The van der Waals surface area contributed by atoms with Crippen LogP contribution in [-0.4, -0.2) is 50.0 Å². The highest BCUT2D eigenvalue weighted by molar-refractivity contribution is 5.09. The number of nitrogens with zero attached hydrogens (tertiary/aromatic N) is 5. The van der Waals surface area contributed by atoms with Crippen molar-refractivity contribution in [2.24, 2.45) is 0 Å². The van der Waals surface area contributed by atoms with Crippen molar-refractivity contribution < 1.29 is 9.26 Å². The van der Waals surface area contributed by atoms with E-state index in [4.69, 9.17) is 14.2 Å². The van der Waals surface area contributed by atoms with Crippen LogP contribution in [0, 0.1) is 0 Å². The highest BCUT2D eigenvalue weighted by Crippen LogP contribution is 2.39. The molecule has 1 aliphatic heterocycles. The van der Waals surface area contributed by atoms with E-state index < -0.39 is 0 Å². The zero-order valence-electron chi connectivity index (χ0n) is 15.3. The molecule has 8 nitrogen and oxygen atoms in total. The van der Waals surface area contributed by atoms with E-state index in [0.29, 0.717) is 24.2 Å². The van der Waals surface area contributed by atoms with Crippen molar-refractivity contribution in [3.05, 3.63) is 23.4 Å².